The molecule has 2 fully saturated rings. The zero-order valence-electron chi connectivity index (χ0n) is 14.0. The molecule has 1 saturated carbocycles. The van der Waals surface area contributed by atoms with E-state index < -0.39 is 29.3 Å². The zero-order chi connectivity index (χ0) is 17.6. The number of benzene rings is 1. The van der Waals surface area contributed by atoms with E-state index in [4.69, 9.17) is 0 Å². The molecule has 4 atom stereocenters. The number of para-hydroxylation sites is 1. The van der Waals surface area contributed by atoms with E-state index in [1.165, 1.54) is 0 Å². The van der Waals surface area contributed by atoms with Crippen molar-refractivity contribution < 1.29 is 19.5 Å². The topological polar surface area (TPSA) is 86.7 Å². The summed E-state index contributed by atoms with van der Waals surface area (Å²) in [6, 6.07) is 8.73. The molecule has 1 aliphatic heterocycles. The largest absolute Gasteiger partial charge is 0.481 e. The third kappa shape index (κ3) is 2.56. The average molecular weight is 330 g/mol. The van der Waals surface area contributed by atoms with E-state index in [9.17, 15) is 19.5 Å². The first-order valence-electron chi connectivity index (χ1n) is 8.16. The van der Waals surface area contributed by atoms with Crippen molar-refractivity contribution in [3.8, 4) is 0 Å². The Hall–Kier alpha value is -2.37. The SMILES string of the molecule is CC1CC(NC(=O)[C@@H]2[C@H](C(=O)O)C2(C)C)C(=O)N1c1ccccc1. The first kappa shape index (κ1) is 16.5. The quantitative estimate of drug-likeness (QED) is 0.879. The Morgan fingerprint density at radius 2 is 1.83 bits per heavy atom. The number of amides is 2. The molecule has 1 heterocycles. The van der Waals surface area contributed by atoms with Gasteiger partial charge in [0.05, 0.1) is 11.8 Å². The molecular formula is C18H22N2O4. The van der Waals surface area contributed by atoms with Gasteiger partial charge in [0.15, 0.2) is 0 Å². The summed E-state index contributed by atoms with van der Waals surface area (Å²) in [5.41, 5.74) is 0.240. The fraction of sp³-hybridized carbons (Fsp3) is 0.500. The molecule has 0 aromatic heterocycles. The number of nitrogens with zero attached hydrogens (tertiary/aromatic N) is 1. The lowest BCUT2D eigenvalue weighted by molar-refractivity contribution is -0.140. The number of anilines is 1. The molecule has 24 heavy (non-hydrogen) atoms. The molecule has 1 aromatic rings. The number of carbonyl (C=O) groups is 3. The number of hydrogen-bond acceptors (Lipinski definition) is 3. The van der Waals surface area contributed by atoms with Gasteiger partial charge in [0.2, 0.25) is 11.8 Å². The molecule has 6 nitrogen and oxygen atoms in total. The summed E-state index contributed by atoms with van der Waals surface area (Å²) >= 11 is 0. The van der Waals surface area contributed by atoms with Crippen LogP contribution < -0.4 is 10.2 Å². The van der Waals surface area contributed by atoms with E-state index in [0.717, 1.165) is 5.69 Å². The molecule has 2 amide bonds. The molecule has 6 heteroatoms. The highest BCUT2D eigenvalue weighted by molar-refractivity contribution is 6.03. The molecular weight excluding hydrogens is 308 g/mol. The summed E-state index contributed by atoms with van der Waals surface area (Å²) in [5, 5.41) is 12.0. The van der Waals surface area contributed by atoms with Crippen LogP contribution in [0.25, 0.3) is 0 Å². The second-order valence-corrected chi connectivity index (χ2v) is 7.30. The second-order valence-electron chi connectivity index (χ2n) is 7.30. The number of aliphatic carboxylic acids is 1. The summed E-state index contributed by atoms with van der Waals surface area (Å²) < 4.78 is 0. The van der Waals surface area contributed by atoms with Crippen molar-refractivity contribution in [3.05, 3.63) is 30.3 Å². The minimum atomic E-state index is -0.961. The van der Waals surface area contributed by atoms with Gasteiger partial charge in [-0.3, -0.25) is 14.4 Å². The summed E-state index contributed by atoms with van der Waals surface area (Å²) in [4.78, 5) is 38.0. The molecule has 1 saturated heterocycles. The molecule has 2 N–H and O–H groups in total. The monoisotopic (exact) mass is 330 g/mol. The van der Waals surface area contributed by atoms with Crippen LogP contribution in [0.2, 0.25) is 0 Å². The minimum Gasteiger partial charge on any atom is -0.481 e. The minimum absolute atomic E-state index is 0.0207. The molecule has 0 spiro atoms. The maximum absolute atomic E-state index is 12.7. The fourth-order valence-electron chi connectivity index (χ4n) is 3.87. The van der Waals surface area contributed by atoms with Crippen LogP contribution in [-0.4, -0.2) is 35.0 Å². The van der Waals surface area contributed by atoms with Gasteiger partial charge in [-0.2, -0.15) is 0 Å². The lowest BCUT2D eigenvalue weighted by Gasteiger charge is -2.21. The molecule has 1 aromatic carbocycles. The van der Waals surface area contributed by atoms with E-state index in [1.807, 2.05) is 37.3 Å². The Morgan fingerprint density at radius 3 is 2.38 bits per heavy atom. The molecule has 3 rings (SSSR count). The zero-order valence-corrected chi connectivity index (χ0v) is 14.0. The molecule has 0 radical (unpaired) electrons. The van der Waals surface area contributed by atoms with E-state index in [1.54, 1.807) is 18.7 Å². The van der Waals surface area contributed by atoms with Gasteiger partial charge in [-0.25, -0.2) is 0 Å². The van der Waals surface area contributed by atoms with Crippen molar-refractivity contribution in [1.29, 1.82) is 0 Å². The molecule has 2 aliphatic rings. The highest BCUT2D eigenvalue weighted by Crippen LogP contribution is 2.58. The average Bonchev–Trinajstić information content (AvgIpc) is 2.99. The van der Waals surface area contributed by atoms with E-state index in [0.29, 0.717) is 6.42 Å². The molecule has 1 aliphatic carbocycles. The predicted octanol–water partition coefficient (Wildman–Crippen LogP) is 1.65. The van der Waals surface area contributed by atoms with E-state index in [2.05, 4.69) is 5.32 Å². The van der Waals surface area contributed by atoms with Gasteiger partial charge in [0.25, 0.3) is 0 Å². The van der Waals surface area contributed by atoms with Crippen molar-refractivity contribution in [3.63, 3.8) is 0 Å². The molecule has 2 unspecified atom stereocenters. The van der Waals surface area contributed by atoms with Crippen LogP contribution in [0.4, 0.5) is 5.69 Å². The Morgan fingerprint density at radius 1 is 1.21 bits per heavy atom. The predicted molar refractivity (Wildman–Crippen MR) is 88.3 cm³/mol. The van der Waals surface area contributed by atoms with Crippen LogP contribution in [0, 0.1) is 17.3 Å². The molecule has 128 valence electrons. The van der Waals surface area contributed by atoms with Gasteiger partial charge in [-0.1, -0.05) is 32.0 Å². The molecule has 0 bridgehead atoms. The van der Waals surface area contributed by atoms with Gasteiger partial charge in [-0.15, -0.1) is 0 Å². The third-order valence-electron chi connectivity index (χ3n) is 5.28. The Labute approximate surface area is 140 Å². The van der Waals surface area contributed by atoms with Crippen LogP contribution in [0.5, 0.6) is 0 Å². The van der Waals surface area contributed by atoms with Crippen molar-refractivity contribution >= 4 is 23.5 Å². The lowest BCUT2D eigenvalue weighted by atomic mass is 10.1. The van der Waals surface area contributed by atoms with Gasteiger partial charge in [0.1, 0.15) is 6.04 Å². The van der Waals surface area contributed by atoms with Gasteiger partial charge >= 0.3 is 5.97 Å². The highest BCUT2D eigenvalue weighted by Gasteiger charge is 2.66. The van der Waals surface area contributed by atoms with Crippen molar-refractivity contribution in [1.82, 2.24) is 5.32 Å². The number of hydrogen-bond donors (Lipinski definition) is 2. The maximum Gasteiger partial charge on any atom is 0.307 e. The van der Waals surface area contributed by atoms with E-state index in [-0.39, 0.29) is 17.9 Å². The first-order chi connectivity index (χ1) is 11.2. The maximum atomic E-state index is 12.7. The van der Waals surface area contributed by atoms with Crippen LogP contribution in [-0.2, 0) is 14.4 Å². The lowest BCUT2D eigenvalue weighted by Crippen LogP contribution is -2.43. The standard InChI is InChI=1S/C18H22N2O4/c1-10-9-12(16(22)20(10)11-7-5-4-6-8-11)19-15(21)13-14(17(23)24)18(13,2)3/h4-8,10,12-14H,9H2,1-3H3,(H,19,21)(H,23,24)/t10?,12?,13-,14+/m0/s1. The van der Waals surface area contributed by atoms with Crippen molar-refractivity contribution in [2.45, 2.75) is 39.3 Å². The summed E-state index contributed by atoms with van der Waals surface area (Å²) in [6.45, 7) is 5.48. The second kappa shape index (κ2) is 5.61. The Bertz CT molecular complexity index is 686. The Kier molecular flexibility index (Phi) is 3.86. The number of carboxylic acids is 1. The summed E-state index contributed by atoms with van der Waals surface area (Å²) in [7, 11) is 0. The van der Waals surface area contributed by atoms with Gasteiger partial charge in [-0.05, 0) is 30.9 Å². The van der Waals surface area contributed by atoms with Crippen LogP contribution in [0.1, 0.15) is 27.2 Å². The van der Waals surface area contributed by atoms with Crippen LogP contribution in [0.3, 0.4) is 0 Å². The normalized spacial score (nSPS) is 31.0. The van der Waals surface area contributed by atoms with Gasteiger partial charge < -0.3 is 15.3 Å². The highest BCUT2D eigenvalue weighted by atomic mass is 16.4. The van der Waals surface area contributed by atoms with Gasteiger partial charge in [0, 0.05) is 11.7 Å². The Balaban J connectivity index is 1.70. The summed E-state index contributed by atoms with van der Waals surface area (Å²) in [5.74, 6) is -2.71. The van der Waals surface area contributed by atoms with Crippen molar-refractivity contribution in [2.75, 3.05) is 4.90 Å². The number of carbonyl (C=O) groups excluding carboxylic acids is 2. The number of nitrogens with one attached hydrogen (secondary N) is 1. The first-order valence-corrected chi connectivity index (χ1v) is 8.16. The van der Waals surface area contributed by atoms with Crippen molar-refractivity contribution in [2.24, 2.45) is 17.3 Å². The number of carboxylic acid groups (broad SMARTS) is 1. The smallest absolute Gasteiger partial charge is 0.307 e. The fourth-order valence-corrected chi connectivity index (χ4v) is 3.87. The van der Waals surface area contributed by atoms with E-state index >= 15 is 0 Å². The number of rotatable bonds is 4. The third-order valence-corrected chi connectivity index (χ3v) is 5.28. The summed E-state index contributed by atoms with van der Waals surface area (Å²) in [6.07, 6.45) is 0.518. The van der Waals surface area contributed by atoms with Crippen LogP contribution >= 0.6 is 0 Å². The van der Waals surface area contributed by atoms with Crippen LogP contribution in [0.15, 0.2) is 30.3 Å².